The van der Waals surface area contributed by atoms with E-state index >= 15 is 0 Å². The highest BCUT2D eigenvalue weighted by atomic mass is 35.5. The average Bonchev–Trinajstić information content (AvgIpc) is 3.08. The Bertz CT molecular complexity index is 856. The van der Waals surface area contributed by atoms with Crippen LogP contribution in [-0.2, 0) is 0 Å². The van der Waals surface area contributed by atoms with Gasteiger partial charge in [-0.1, -0.05) is 35.3 Å². The van der Waals surface area contributed by atoms with Crippen LogP contribution in [-0.4, -0.2) is 22.8 Å². The Morgan fingerprint density at radius 3 is 2.50 bits per heavy atom. The molecule has 0 aliphatic carbocycles. The number of benzene rings is 2. The molecule has 0 radical (unpaired) electrons. The number of hydrogen-bond donors (Lipinski definition) is 1. The van der Waals surface area contributed by atoms with Crippen molar-refractivity contribution in [2.24, 2.45) is 0 Å². The Balaban J connectivity index is 1.95. The van der Waals surface area contributed by atoms with Crippen LogP contribution in [0.4, 0.5) is 5.69 Å². The predicted octanol–water partition coefficient (Wildman–Crippen LogP) is 4.44. The molecule has 3 aromatic rings. The van der Waals surface area contributed by atoms with Crippen molar-refractivity contribution >= 4 is 34.8 Å². The van der Waals surface area contributed by atoms with E-state index < -0.39 is 5.91 Å². The second-order valence-corrected chi connectivity index (χ2v) is 5.70. The Morgan fingerprint density at radius 1 is 1.17 bits per heavy atom. The van der Waals surface area contributed by atoms with Gasteiger partial charge in [-0.15, -0.1) is 0 Å². The molecule has 5 nitrogen and oxygen atoms in total. The van der Waals surface area contributed by atoms with Crippen molar-refractivity contribution in [3.8, 4) is 11.4 Å². The van der Waals surface area contributed by atoms with E-state index in [0.29, 0.717) is 11.4 Å². The Hall–Kier alpha value is -2.50. The van der Waals surface area contributed by atoms with Crippen LogP contribution < -0.4 is 10.1 Å². The molecule has 0 aliphatic rings. The number of halogens is 2. The highest BCUT2D eigenvalue weighted by Gasteiger charge is 2.18. The number of amides is 1. The number of methoxy groups -OCH3 is 1. The van der Waals surface area contributed by atoms with Gasteiger partial charge < -0.3 is 10.1 Å². The van der Waals surface area contributed by atoms with Gasteiger partial charge in [-0.05, 0) is 30.3 Å². The van der Waals surface area contributed by atoms with Crippen molar-refractivity contribution < 1.29 is 9.53 Å². The Labute approximate surface area is 148 Å². The minimum absolute atomic E-state index is 0.189. The number of nitrogens with zero attached hydrogens (tertiary/aromatic N) is 2. The normalized spacial score (nSPS) is 10.5. The number of ether oxygens (including phenoxy) is 1. The number of rotatable bonds is 4. The summed E-state index contributed by atoms with van der Waals surface area (Å²) in [6, 6.07) is 12.2. The lowest BCUT2D eigenvalue weighted by Gasteiger charge is -2.13. The molecular weight excluding hydrogens is 349 g/mol. The summed E-state index contributed by atoms with van der Waals surface area (Å²) in [5.41, 5.74) is 1.51. The summed E-state index contributed by atoms with van der Waals surface area (Å²) < 4.78 is 6.74. The van der Waals surface area contributed by atoms with Gasteiger partial charge in [0.1, 0.15) is 5.75 Å². The predicted molar refractivity (Wildman–Crippen MR) is 94.5 cm³/mol. The Kier molecular flexibility index (Phi) is 4.74. The van der Waals surface area contributed by atoms with Gasteiger partial charge in [0.15, 0.2) is 0 Å². The zero-order valence-electron chi connectivity index (χ0n) is 12.7. The second-order valence-electron chi connectivity index (χ2n) is 4.89. The number of para-hydroxylation sites is 2. The molecule has 122 valence electrons. The molecule has 0 atom stereocenters. The largest absolute Gasteiger partial charge is 0.497 e. The van der Waals surface area contributed by atoms with Crippen LogP contribution in [0, 0.1) is 0 Å². The average molecular weight is 362 g/mol. The molecule has 0 bridgehead atoms. The van der Waals surface area contributed by atoms with Crippen molar-refractivity contribution in [1.29, 1.82) is 0 Å². The van der Waals surface area contributed by atoms with Gasteiger partial charge in [0, 0.05) is 12.4 Å². The van der Waals surface area contributed by atoms with Gasteiger partial charge in [-0.2, -0.15) is 5.10 Å². The van der Waals surface area contributed by atoms with E-state index in [-0.39, 0.29) is 15.6 Å². The smallest absolute Gasteiger partial charge is 0.258 e. The van der Waals surface area contributed by atoms with Crippen molar-refractivity contribution in [3.63, 3.8) is 0 Å². The van der Waals surface area contributed by atoms with Gasteiger partial charge in [-0.3, -0.25) is 4.79 Å². The number of hydrogen-bond acceptors (Lipinski definition) is 3. The zero-order valence-corrected chi connectivity index (χ0v) is 14.2. The van der Waals surface area contributed by atoms with Gasteiger partial charge in [0.2, 0.25) is 0 Å². The van der Waals surface area contributed by atoms with E-state index in [4.69, 9.17) is 27.9 Å². The number of carbonyl (C=O) groups is 1. The monoisotopic (exact) mass is 361 g/mol. The molecule has 1 N–H and O–H groups in total. The number of anilines is 1. The molecule has 0 fully saturated rings. The van der Waals surface area contributed by atoms with Gasteiger partial charge >= 0.3 is 0 Å². The molecule has 0 aliphatic heterocycles. The summed E-state index contributed by atoms with van der Waals surface area (Å²) in [6.45, 7) is 0. The first kappa shape index (κ1) is 16.4. The first-order chi connectivity index (χ1) is 11.6. The molecule has 3 rings (SSSR count). The van der Waals surface area contributed by atoms with Crippen LogP contribution in [0.3, 0.4) is 0 Å². The van der Waals surface area contributed by atoms with E-state index in [1.807, 2.05) is 18.2 Å². The SMILES string of the molecule is COc1cc(Cl)c(C(=O)Nc2ccccc2-n2cccn2)c(Cl)c1. The summed E-state index contributed by atoms with van der Waals surface area (Å²) in [5.74, 6) is 0.0748. The van der Waals surface area contributed by atoms with Crippen LogP contribution in [0.25, 0.3) is 5.69 Å². The third kappa shape index (κ3) is 3.22. The van der Waals surface area contributed by atoms with E-state index in [9.17, 15) is 4.79 Å². The number of carbonyl (C=O) groups excluding carboxylic acids is 1. The maximum atomic E-state index is 12.6. The molecule has 1 aromatic heterocycles. The quantitative estimate of drug-likeness (QED) is 0.747. The minimum Gasteiger partial charge on any atom is -0.497 e. The molecule has 0 saturated heterocycles. The third-order valence-corrected chi connectivity index (χ3v) is 3.98. The topological polar surface area (TPSA) is 56.1 Å². The molecule has 0 saturated carbocycles. The van der Waals surface area contributed by atoms with E-state index in [0.717, 1.165) is 5.69 Å². The summed E-state index contributed by atoms with van der Waals surface area (Å²) in [4.78, 5) is 12.6. The van der Waals surface area contributed by atoms with E-state index in [1.54, 1.807) is 41.3 Å². The first-order valence-corrected chi connectivity index (χ1v) is 7.79. The lowest BCUT2D eigenvalue weighted by molar-refractivity contribution is 0.102. The summed E-state index contributed by atoms with van der Waals surface area (Å²) in [5, 5.41) is 7.44. The standard InChI is InChI=1S/C17H13Cl2N3O2/c1-24-11-9-12(18)16(13(19)10-11)17(23)21-14-5-2-3-6-15(14)22-8-4-7-20-22/h2-10H,1H3,(H,21,23). The van der Waals surface area contributed by atoms with E-state index in [2.05, 4.69) is 10.4 Å². The van der Waals surface area contributed by atoms with Crippen molar-refractivity contribution in [3.05, 3.63) is 70.5 Å². The van der Waals surface area contributed by atoms with Crippen LogP contribution >= 0.6 is 23.2 Å². The molecule has 1 heterocycles. The van der Waals surface area contributed by atoms with Gasteiger partial charge in [0.25, 0.3) is 5.91 Å². The second kappa shape index (κ2) is 6.95. The fraction of sp³-hybridized carbons (Fsp3) is 0.0588. The summed E-state index contributed by atoms with van der Waals surface area (Å²) in [6.07, 6.45) is 3.45. The summed E-state index contributed by atoms with van der Waals surface area (Å²) in [7, 11) is 1.50. The van der Waals surface area contributed by atoms with Crippen LogP contribution in [0.2, 0.25) is 10.0 Å². The minimum atomic E-state index is -0.410. The fourth-order valence-corrected chi connectivity index (χ4v) is 2.90. The third-order valence-electron chi connectivity index (χ3n) is 3.38. The summed E-state index contributed by atoms with van der Waals surface area (Å²) >= 11 is 12.3. The lowest BCUT2D eigenvalue weighted by atomic mass is 10.2. The lowest BCUT2D eigenvalue weighted by Crippen LogP contribution is -2.15. The van der Waals surface area contributed by atoms with Crippen molar-refractivity contribution in [2.75, 3.05) is 12.4 Å². The highest BCUT2D eigenvalue weighted by molar-refractivity contribution is 6.40. The highest BCUT2D eigenvalue weighted by Crippen LogP contribution is 2.31. The Morgan fingerprint density at radius 2 is 1.88 bits per heavy atom. The zero-order chi connectivity index (χ0) is 17.1. The van der Waals surface area contributed by atoms with Crippen LogP contribution in [0.15, 0.2) is 54.9 Å². The fourth-order valence-electron chi connectivity index (χ4n) is 2.26. The number of aromatic nitrogens is 2. The molecule has 2 aromatic carbocycles. The molecule has 0 spiro atoms. The maximum Gasteiger partial charge on any atom is 0.258 e. The van der Waals surface area contributed by atoms with Gasteiger partial charge in [-0.25, -0.2) is 4.68 Å². The first-order valence-electron chi connectivity index (χ1n) is 7.03. The number of nitrogens with one attached hydrogen (secondary N) is 1. The van der Waals surface area contributed by atoms with E-state index in [1.165, 1.54) is 7.11 Å². The molecular formula is C17H13Cl2N3O2. The molecule has 1 amide bonds. The maximum absolute atomic E-state index is 12.6. The van der Waals surface area contributed by atoms with Crippen molar-refractivity contribution in [2.45, 2.75) is 0 Å². The molecule has 7 heteroatoms. The van der Waals surface area contributed by atoms with Crippen molar-refractivity contribution in [1.82, 2.24) is 9.78 Å². The van der Waals surface area contributed by atoms with Gasteiger partial charge in [0.05, 0.1) is 34.1 Å². The molecule has 0 unspecified atom stereocenters. The van der Waals surface area contributed by atoms with Crippen LogP contribution in [0.5, 0.6) is 5.75 Å². The molecule has 24 heavy (non-hydrogen) atoms. The van der Waals surface area contributed by atoms with Crippen LogP contribution in [0.1, 0.15) is 10.4 Å².